The Morgan fingerprint density at radius 2 is 1.76 bits per heavy atom. The average Bonchev–Trinajstić information content (AvgIpc) is 2.66. The molecule has 130 valence electrons. The normalized spacial score (nSPS) is 13.0. The second-order valence-electron chi connectivity index (χ2n) is 6.27. The number of ketones is 1. The summed E-state index contributed by atoms with van der Waals surface area (Å²) in [6.07, 6.45) is 4.82. The quantitative estimate of drug-likeness (QED) is 0.597. The van der Waals surface area contributed by atoms with Gasteiger partial charge in [0.25, 0.3) is 0 Å². The topological polar surface area (TPSA) is 52.6 Å². The number of para-hydroxylation sites is 1. The van der Waals surface area contributed by atoms with Gasteiger partial charge in [0, 0.05) is 0 Å². The maximum atomic E-state index is 12.2. The molecule has 0 fully saturated rings. The number of Topliss-reactive ketones (excluding diaryl/α,β-unsaturated/α-hetero) is 1. The van der Waals surface area contributed by atoms with E-state index in [2.05, 4.69) is 12.1 Å². The van der Waals surface area contributed by atoms with E-state index in [1.807, 2.05) is 6.07 Å². The molecule has 0 bridgehead atoms. The van der Waals surface area contributed by atoms with Crippen LogP contribution in [-0.4, -0.2) is 25.5 Å². The minimum atomic E-state index is -0.390. The van der Waals surface area contributed by atoms with E-state index in [1.165, 1.54) is 31.1 Å². The van der Waals surface area contributed by atoms with Crippen LogP contribution < -0.4 is 4.74 Å². The van der Waals surface area contributed by atoms with E-state index in [4.69, 9.17) is 9.47 Å². The highest BCUT2D eigenvalue weighted by Gasteiger charge is 2.15. The lowest BCUT2D eigenvalue weighted by atomic mass is 9.90. The van der Waals surface area contributed by atoms with Gasteiger partial charge in [0.05, 0.1) is 19.1 Å². The van der Waals surface area contributed by atoms with Crippen molar-refractivity contribution in [3.63, 3.8) is 0 Å². The number of hydrogen-bond donors (Lipinski definition) is 0. The highest BCUT2D eigenvalue weighted by Crippen LogP contribution is 2.22. The van der Waals surface area contributed by atoms with Crippen molar-refractivity contribution in [2.75, 3.05) is 13.7 Å². The average molecular weight is 338 g/mol. The fraction of sp³-hybridized carbons (Fsp3) is 0.333. The Kier molecular flexibility index (Phi) is 5.49. The summed E-state index contributed by atoms with van der Waals surface area (Å²) in [6, 6.07) is 13.1. The van der Waals surface area contributed by atoms with Gasteiger partial charge in [-0.05, 0) is 54.5 Å². The molecular formula is C21H22O4. The predicted octanol–water partition coefficient (Wildman–Crippen LogP) is 3.54. The summed E-state index contributed by atoms with van der Waals surface area (Å²) in [5, 5.41) is 0. The molecule has 0 N–H and O–H groups in total. The van der Waals surface area contributed by atoms with Gasteiger partial charge < -0.3 is 9.47 Å². The number of hydrogen-bond acceptors (Lipinski definition) is 4. The van der Waals surface area contributed by atoms with Crippen LogP contribution in [0, 0.1) is 0 Å². The molecule has 25 heavy (non-hydrogen) atoms. The third kappa shape index (κ3) is 4.27. The summed E-state index contributed by atoms with van der Waals surface area (Å²) in [4.78, 5) is 24.3. The highest BCUT2D eigenvalue weighted by molar-refractivity contribution is 6.00. The molecule has 0 aliphatic heterocycles. The molecular weight excluding hydrogens is 316 g/mol. The Hall–Kier alpha value is -2.62. The maximum Gasteiger partial charge on any atom is 0.310 e. The molecule has 4 nitrogen and oxygen atoms in total. The monoisotopic (exact) mass is 338 g/mol. The van der Waals surface area contributed by atoms with Crippen LogP contribution in [0.5, 0.6) is 5.75 Å². The fourth-order valence-corrected chi connectivity index (χ4v) is 3.21. The Morgan fingerprint density at radius 1 is 1.00 bits per heavy atom. The third-order valence-electron chi connectivity index (χ3n) is 4.53. The molecule has 0 radical (unpaired) electrons. The van der Waals surface area contributed by atoms with E-state index in [1.54, 1.807) is 24.3 Å². The minimum absolute atomic E-state index is 0.187. The van der Waals surface area contributed by atoms with Gasteiger partial charge in [-0.1, -0.05) is 30.3 Å². The molecule has 0 spiro atoms. The van der Waals surface area contributed by atoms with Crippen LogP contribution in [0.4, 0.5) is 0 Å². The van der Waals surface area contributed by atoms with E-state index in [9.17, 15) is 9.59 Å². The Balaban J connectivity index is 1.57. The van der Waals surface area contributed by atoms with Crippen LogP contribution in [0.3, 0.4) is 0 Å². The van der Waals surface area contributed by atoms with Gasteiger partial charge >= 0.3 is 5.97 Å². The number of aryl methyl sites for hydroxylation is 2. The van der Waals surface area contributed by atoms with Crippen molar-refractivity contribution in [2.45, 2.75) is 32.1 Å². The maximum absolute atomic E-state index is 12.2. The highest BCUT2D eigenvalue weighted by atomic mass is 16.5. The second kappa shape index (κ2) is 7.97. The largest absolute Gasteiger partial charge is 0.496 e. The number of esters is 1. The molecule has 1 aliphatic rings. The molecule has 0 atom stereocenters. The van der Waals surface area contributed by atoms with Crippen LogP contribution in [-0.2, 0) is 28.8 Å². The minimum Gasteiger partial charge on any atom is -0.496 e. The third-order valence-corrected chi connectivity index (χ3v) is 4.53. The molecule has 0 unspecified atom stereocenters. The number of benzene rings is 2. The van der Waals surface area contributed by atoms with E-state index >= 15 is 0 Å². The van der Waals surface area contributed by atoms with Crippen molar-refractivity contribution < 1.29 is 19.1 Å². The van der Waals surface area contributed by atoms with Gasteiger partial charge in [-0.25, -0.2) is 0 Å². The van der Waals surface area contributed by atoms with E-state index in [-0.39, 0.29) is 24.8 Å². The summed E-state index contributed by atoms with van der Waals surface area (Å²) in [7, 11) is 1.51. The van der Waals surface area contributed by atoms with Crippen molar-refractivity contribution in [1.82, 2.24) is 0 Å². The van der Waals surface area contributed by atoms with E-state index < -0.39 is 0 Å². The van der Waals surface area contributed by atoms with E-state index in [0.717, 1.165) is 18.4 Å². The summed E-state index contributed by atoms with van der Waals surface area (Å²) in [5.74, 6) is -0.173. The number of carbonyl (C=O) groups is 2. The fourth-order valence-electron chi connectivity index (χ4n) is 3.21. The van der Waals surface area contributed by atoms with Crippen LogP contribution in [0.2, 0.25) is 0 Å². The van der Waals surface area contributed by atoms with Crippen molar-refractivity contribution >= 4 is 11.8 Å². The summed E-state index contributed by atoms with van der Waals surface area (Å²) < 4.78 is 10.3. The van der Waals surface area contributed by atoms with Crippen molar-refractivity contribution in [3.05, 3.63) is 64.7 Å². The lowest BCUT2D eigenvalue weighted by Gasteiger charge is -2.16. The first-order valence-electron chi connectivity index (χ1n) is 8.60. The van der Waals surface area contributed by atoms with E-state index in [0.29, 0.717) is 11.3 Å². The molecule has 3 rings (SSSR count). The number of carbonyl (C=O) groups excluding carboxylic acids is 2. The number of fused-ring (bicyclic) bond motifs is 1. The Bertz CT molecular complexity index is 779. The predicted molar refractivity (Wildman–Crippen MR) is 95.1 cm³/mol. The molecule has 0 amide bonds. The zero-order chi connectivity index (χ0) is 17.6. The van der Waals surface area contributed by atoms with Crippen molar-refractivity contribution in [2.24, 2.45) is 0 Å². The molecule has 0 aromatic heterocycles. The first-order valence-corrected chi connectivity index (χ1v) is 8.60. The number of ether oxygens (including phenoxy) is 2. The lowest BCUT2D eigenvalue weighted by molar-refractivity contribution is -0.141. The Morgan fingerprint density at radius 3 is 2.56 bits per heavy atom. The van der Waals surface area contributed by atoms with Gasteiger partial charge in [0.1, 0.15) is 5.75 Å². The van der Waals surface area contributed by atoms with Crippen LogP contribution in [0.15, 0.2) is 42.5 Å². The smallest absolute Gasteiger partial charge is 0.310 e. The molecule has 0 saturated heterocycles. The summed E-state index contributed by atoms with van der Waals surface area (Å²) in [5.41, 5.74) is 4.08. The van der Waals surface area contributed by atoms with Crippen LogP contribution >= 0.6 is 0 Å². The summed E-state index contributed by atoms with van der Waals surface area (Å²) in [6.45, 7) is -0.274. The standard InChI is InChI=1S/C21H22O4/c1-24-20-9-5-4-8-18(20)19(22)14-25-21(23)13-15-10-11-16-6-2-3-7-17(16)12-15/h4-5,8-12H,2-3,6-7,13-14H2,1H3. The first kappa shape index (κ1) is 17.2. The molecule has 4 heteroatoms. The molecule has 0 saturated carbocycles. The van der Waals surface area contributed by atoms with Crippen LogP contribution in [0.1, 0.15) is 39.9 Å². The van der Waals surface area contributed by atoms with Gasteiger partial charge in [0.15, 0.2) is 6.61 Å². The molecule has 1 aliphatic carbocycles. The second-order valence-corrected chi connectivity index (χ2v) is 6.27. The molecule has 0 heterocycles. The molecule has 2 aromatic carbocycles. The zero-order valence-corrected chi connectivity index (χ0v) is 14.4. The van der Waals surface area contributed by atoms with Crippen molar-refractivity contribution in [1.29, 1.82) is 0 Å². The molecule has 2 aromatic rings. The van der Waals surface area contributed by atoms with Crippen molar-refractivity contribution in [3.8, 4) is 5.75 Å². The van der Waals surface area contributed by atoms with Gasteiger partial charge in [-0.2, -0.15) is 0 Å². The Labute approximate surface area is 147 Å². The summed E-state index contributed by atoms with van der Waals surface area (Å²) >= 11 is 0. The SMILES string of the molecule is COc1ccccc1C(=O)COC(=O)Cc1ccc2c(c1)CCCC2. The first-order chi connectivity index (χ1) is 12.2. The lowest BCUT2D eigenvalue weighted by Crippen LogP contribution is -2.16. The van der Waals surface area contributed by atoms with Crippen LogP contribution in [0.25, 0.3) is 0 Å². The number of rotatable bonds is 6. The zero-order valence-electron chi connectivity index (χ0n) is 14.4. The van der Waals surface area contributed by atoms with Gasteiger partial charge in [-0.3, -0.25) is 9.59 Å². The van der Waals surface area contributed by atoms with Gasteiger partial charge in [0.2, 0.25) is 5.78 Å². The number of methoxy groups -OCH3 is 1. The van der Waals surface area contributed by atoms with Gasteiger partial charge in [-0.15, -0.1) is 0 Å².